The third-order valence-electron chi connectivity index (χ3n) is 1.74. The number of nitrogens with two attached hydrogens (primary N) is 1. The van der Waals surface area contributed by atoms with E-state index >= 15 is 0 Å². The molecule has 0 spiro atoms. The van der Waals surface area contributed by atoms with Crippen LogP contribution in [0.1, 0.15) is 12.8 Å². The molecule has 64 valence electrons. The summed E-state index contributed by atoms with van der Waals surface area (Å²) in [5.74, 6) is 0. The van der Waals surface area contributed by atoms with Crippen molar-refractivity contribution in [2.45, 2.75) is 12.8 Å². The zero-order chi connectivity index (χ0) is 8.65. The lowest BCUT2D eigenvalue weighted by Crippen LogP contribution is -2.00. The predicted molar refractivity (Wildman–Crippen MR) is 53.8 cm³/mol. The summed E-state index contributed by atoms with van der Waals surface area (Å²) in [6.07, 6.45) is 16.8. The largest absolute Gasteiger partial charge is 0.326 e. The fraction of sp³-hybridized carbons (Fsp3) is 0.273. The van der Waals surface area contributed by atoms with E-state index < -0.39 is 0 Å². The number of allylic oxidation sites excluding steroid dienone is 6. The Balaban J connectivity index is 2.69. The van der Waals surface area contributed by atoms with Gasteiger partial charge in [0.2, 0.25) is 0 Å². The van der Waals surface area contributed by atoms with Gasteiger partial charge in [0.15, 0.2) is 0 Å². The quantitative estimate of drug-likeness (QED) is 0.627. The Kier molecular flexibility index (Phi) is 4.17. The van der Waals surface area contributed by atoms with Gasteiger partial charge < -0.3 is 5.73 Å². The molecule has 2 N–H and O–H groups in total. The van der Waals surface area contributed by atoms with Crippen LogP contribution in [0.3, 0.4) is 0 Å². The molecule has 0 aromatic heterocycles. The Morgan fingerprint density at radius 2 is 1.92 bits per heavy atom. The van der Waals surface area contributed by atoms with Crippen molar-refractivity contribution in [1.82, 2.24) is 0 Å². The van der Waals surface area contributed by atoms with E-state index in [0.29, 0.717) is 6.54 Å². The molecular formula is C11H15N. The van der Waals surface area contributed by atoms with Gasteiger partial charge >= 0.3 is 0 Å². The summed E-state index contributed by atoms with van der Waals surface area (Å²) in [5.41, 5.74) is 6.72. The minimum Gasteiger partial charge on any atom is -0.326 e. The summed E-state index contributed by atoms with van der Waals surface area (Å²) in [7, 11) is 0. The SMILES string of the molecule is NC/C1=C/C=C\C=C/CCC=C1. The van der Waals surface area contributed by atoms with Crippen molar-refractivity contribution in [3.05, 3.63) is 48.1 Å². The molecule has 0 aromatic rings. The molecule has 0 aromatic carbocycles. The van der Waals surface area contributed by atoms with Crippen LogP contribution < -0.4 is 5.73 Å². The van der Waals surface area contributed by atoms with Crippen LogP contribution in [0.5, 0.6) is 0 Å². The van der Waals surface area contributed by atoms with Crippen LogP contribution in [0.4, 0.5) is 0 Å². The second-order valence-corrected chi connectivity index (χ2v) is 2.74. The first-order chi connectivity index (χ1) is 5.93. The molecule has 0 fully saturated rings. The van der Waals surface area contributed by atoms with E-state index in [1.54, 1.807) is 0 Å². The number of hydrogen-bond donors (Lipinski definition) is 1. The zero-order valence-electron chi connectivity index (χ0n) is 7.24. The zero-order valence-corrected chi connectivity index (χ0v) is 7.24. The monoisotopic (exact) mass is 161 g/mol. The second kappa shape index (κ2) is 5.56. The molecule has 0 radical (unpaired) electrons. The maximum absolute atomic E-state index is 5.54. The average molecular weight is 161 g/mol. The normalized spacial score (nSPS) is 27.2. The highest BCUT2D eigenvalue weighted by molar-refractivity contribution is 5.26. The molecule has 12 heavy (non-hydrogen) atoms. The van der Waals surface area contributed by atoms with Crippen molar-refractivity contribution in [2.24, 2.45) is 5.73 Å². The predicted octanol–water partition coefficient (Wildman–Crippen LogP) is 2.33. The molecular weight excluding hydrogens is 146 g/mol. The Morgan fingerprint density at radius 1 is 1.08 bits per heavy atom. The van der Waals surface area contributed by atoms with Crippen LogP contribution in [0, 0.1) is 0 Å². The summed E-state index contributed by atoms with van der Waals surface area (Å²) in [4.78, 5) is 0. The minimum absolute atomic E-state index is 0.616. The Hall–Kier alpha value is -1.08. The third kappa shape index (κ3) is 3.35. The first-order valence-electron chi connectivity index (χ1n) is 4.32. The summed E-state index contributed by atoms with van der Waals surface area (Å²) < 4.78 is 0. The molecule has 0 saturated carbocycles. The van der Waals surface area contributed by atoms with Gasteiger partial charge in [-0.05, 0) is 18.4 Å². The number of rotatable bonds is 1. The van der Waals surface area contributed by atoms with Gasteiger partial charge in [-0.25, -0.2) is 0 Å². The summed E-state index contributed by atoms with van der Waals surface area (Å²) in [6.45, 7) is 0.616. The van der Waals surface area contributed by atoms with E-state index in [0.717, 1.165) is 12.8 Å². The van der Waals surface area contributed by atoms with E-state index in [2.05, 4.69) is 24.3 Å². The second-order valence-electron chi connectivity index (χ2n) is 2.74. The molecule has 1 heteroatoms. The highest BCUT2D eigenvalue weighted by Crippen LogP contribution is 2.01. The minimum atomic E-state index is 0.616. The van der Waals surface area contributed by atoms with Crippen LogP contribution in [-0.4, -0.2) is 6.54 Å². The van der Waals surface area contributed by atoms with Crippen LogP contribution >= 0.6 is 0 Å². The van der Waals surface area contributed by atoms with E-state index in [4.69, 9.17) is 5.73 Å². The lowest BCUT2D eigenvalue weighted by Gasteiger charge is -1.95. The van der Waals surface area contributed by atoms with Crippen molar-refractivity contribution in [3.63, 3.8) is 0 Å². The average Bonchev–Trinajstić information content (AvgIpc) is 2.14. The van der Waals surface area contributed by atoms with Crippen molar-refractivity contribution < 1.29 is 0 Å². The molecule has 0 unspecified atom stereocenters. The van der Waals surface area contributed by atoms with Gasteiger partial charge in [0.05, 0.1) is 0 Å². The van der Waals surface area contributed by atoms with Gasteiger partial charge in [-0.3, -0.25) is 0 Å². The van der Waals surface area contributed by atoms with Gasteiger partial charge in [-0.15, -0.1) is 0 Å². The van der Waals surface area contributed by atoms with E-state index in [1.165, 1.54) is 5.57 Å². The van der Waals surface area contributed by atoms with Gasteiger partial charge in [0, 0.05) is 6.54 Å². The van der Waals surface area contributed by atoms with Crippen molar-refractivity contribution >= 4 is 0 Å². The standard InChI is InChI=1S/C11H15N/c12-10-11-8-6-4-2-1-3-5-7-9-11/h1-2,4,6-9H,3,5,10,12H2/b2-1-,6-4-,9-7?,11-8+. The van der Waals surface area contributed by atoms with Gasteiger partial charge in [0.1, 0.15) is 0 Å². The first kappa shape index (κ1) is 9.01. The maximum atomic E-state index is 5.54. The highest BCUT2D eigenvalue weighted by Gasteiger charge is 1.85. The lowest BCUT2D eigenvalue weighted by molar-refractivity contribution is 1.04. The molecule has 0 heterocycles. The lowest BCUT2D eigenvalue weighted by atomic mass is 10.1. The molecule has 0 aliphatic heterocycles. The van der Waals surface area contributed by atoms with E-state index in [9.17, 15) is 0 Å². The smallest absolute Gasteiger partial charge is 0.0177 e. The fourth-order valence-corrected chi connectivity index (χ4v) is 1.04. The molecule has 1 rings (SSSR count). The molecule has 1 nitrogen and oxygen atoms in total. The van der Waals surface area contributed by atoms with E-state index in [-0.39, 0.29) is 0 Å². The Labute approximate surface area is 74.0 Å². The van der Waals surface area contributed by atoms with Crippen molar-refractivity contribution in [1.29, 1.82) is 0 Å². The fourth-order valence-electron chi connectivity index (χ4n) is 1.04. The van der Waals surface area contributed by atoms with Crippen molar-refractivity contribution in [2.75, 3.05) is 6.54 Å². The summed E-state index contributed by atoms with van der Waals surface area (Å²) >= 11 is 0. The summed E-state index contributed by atoms with van der Waals surface area (Å²) in [6, 6.07) is 0. The third-order valence-corrected chi connectivity index (χ3v) is 1.74. The van der Waals surface area contributed by atoms with Crippen molar-refractivity contribution in [3.8, 4) is 0 Å². The molecule has 0 atom stereocenters. The van der Waals surface area contributed by atoms with Crippen LogP contribution in [0.25, 0.3) is 0 Å². The van der Waals surface area contributed by atoms with Gasteiger partial charge in [0.25, 0.3) is 0 Å². The summed E-state index contributed by atoms with van der Waals surface area (Å²) in [5, 5.41) is 0. The number of hydrogen-bond acceptors (Lipinski definition) is 1. The Morgan fingerprint density at radius 3 is 2.75 bits per heavy atom. The van der Waals surface area contributed by atoms with Gasteiger partial charge in [-0.1, -0.05) is 42.5 Å². The molecule has 1 aliphatic rings. The first-order valence-corrected chi connectivity index (χ1v) is 4.32. The Bertz CT molecular complexity index is 231. The van der Waals surface area contributed by atoms with Gasteiger partial charge in [-0.2, -0.15) is 0 Å². The maximum Gasteiger partial charge on any atom is 0.0177 e. The molecule has 0 bridgehead atoms. The van der Waals surface area contributed by atoms with Crippen LogP contribution in [0.15, 0.2) is 48.1 Å². The van der Waals surface area contributed by atoms with Crippen LogP contribution in [-0.2, 0) is 0 Å². The molecule has 0 saturated heterocycles. The highest BCUT2D eigenvalue weighted by atomic mass is 14.5. The van der Waals surface area contributed by atoms with E-state index in [1.807, 2.05) is 18.2 Å². The molecule has 1 aliphatic carbocycles. The van der Waals surface area contributed by atoms with Crippen LogP contribution in [0.2, 0.25) is 0 Å². The topological polar surface area (TPSA) is 26.0 Å². The molecule has 0 amide bonds.